The van der Waals surface area contributed by atoms with Gasteiger partial charge in [0.25, 0.3) is 10.0 Å². The monoisotopic (exact) mass is 407 g/mol. The Hall–Kier alpha value is -2.13. The lowest BCUT2D eigenvalue weighted by atomic mass is 10.2. The maximum atomic E-state index is 13.3. The predicted molar refractivity (Wildman–Crippen MR) is 106 cm³/mol. The van der Waals surface area contributed by atoms with E-state index < -0.39 is 16.1 Å². The van der Waals surface area contributed by atoms with Gasteiger partial charge in [0.2, 0.25) is 0 Å². The van der Waals surface area contributed by atoms with Gasteiger partial charge < -0.3 is 19.5 Å². The molecule has 1 saturated heterocycles. The summed E-state index contributed by atoms with van der Waals surface area (Å²) in [7, 11) is -2.25. The number of hydrogen-bond donors (Lipinski definition) is 2. The standard InChI is InChI=1S/C20H26N2O5S/c1-26-19-9-7-17(8-10-19)22(28(24,25)20-5-3-2-4-6-20)16-18(23)15-21-11-13-27-14-12-21/h2-10,18,23H,11-16H2,1H3/p+1/t18-/m1/s1. The van der Waals surface area contributed by atoms with E-state index in [0.717, 1.165) is 13.1 Å². The Labute approximate surface area is 166 Å². The van der Waals surface area contributed by atoms with Crippen LogP contribution in [-0.2, 0) is 14.8 Å². The summed E-state index contributed by atoms with van der Waals surface area (Å²) in [5.74, 6) is 0.638. The number of benzene rings is 2. The Morgan fingerprint density at radius 1 is 1.11 bits per heavy atom. The lowest BCUT2D eigenvalue weighted by Gasteiger charge is -2.30. The molecule has 7 nitrogen and oxygen atoms in total. The van der Waals surface area contributed by atoms with Crippen LogP contribution in [0.3, 0.4) is 0 Å². The second-order valence-electron chi connectivity index (χ2n) is 6.77. The maximum absolute atomic E-state index is 13.3. The third kappa shape index (κ3) is 5.02. The van der Waals surface area contributed by atoms with Crippen molar-refractivity contribution in [2.45, 2.75) is 11.0 Å². The number of morpholine rings is 1. The number of quaternary nitrogens is 1. The summed E-state index contributed by atoms with van der Waals surface area (Å²) >= 11 is 0. The number of rotatable bonds is 8. The van der Waals surface area contributed by atoms with Gasteiger partial charge in [-0.2, -0.15) is 0 Å². The number of anilines is 1. The van der Waals surface area contributed by atoms with E-state index in [1.54, 1.807) is 61.7 Å². The summed E-state index contributed by atoms with van der Waals surface area (Å²) in [6, 6.07) is 15.1. The van der Waals surface area contributed by atoms with Gasteiger partial charge >= 0.3 is 0 Å². The molecular formula is C20H27N2O5S+. The predicted octanol–water partition coefficient (Wildman–Crippen LogP) is 0.167. The van der Waals surface area contributed by atoms with Crippen LogP contribution < -0.4 is 13.9 Å². The van der Waals surface area contributed by atoms with E-state index >= 15 is 0 Å². The lowest BCUT2D eigenvalue weighted by molar-refractivity contribution is -0.910. The van der Waals surface area contributed by atoms with Gasteiger partial charge in [0, 0.05) is 0 Å². The second kappa shape index (κ2) is 9.38. The van der Waals surface area contributed by atoms with E-state index in [0.29, 0.717) is 31.2 Å². The number of aliphatic hydroxyl groups is 1. The van der Waals surface area contributed by atoms with Gasteiger partial charge in [-0.3, -0.25) is 4.31 Å². The minimum absolute atomic E-state index is 0.0199. The zero-order valence-electron chi connectivity index (χ0n) is 16.0. The Kier molecular flexibility index (Phi) is 6.90. The van der Waals surface area contributed by atoms with Gasteiger partial charge in [-0.25, -0.2) is 8.42 Å². The molecule has 1 heterocycles. The van der Waals surface area contributed by atoms with Crippen molar-refractivity contribution in [2.75, 3.05) is 50.8 Å². The van der Waals surface area contributed by atoms with Crippen LogP contribution in [-0.4, -0.2) is 66.1 Å². The molecule has 1 aliphatic rings. The number of ether oxygens (including phenoxy) is 2. The van der Waals surface area contributed by atoms with Gasteiger partial charge in [-0.1, -0.05) is 18.2 Å². The molecule has 0 spiro atoms. The van der Waals surface area contributed by atoms with E-state index in [2.05, 4.69) is 0 Å². The van der Waals surface area contributed by atoms with Crippen LogP contribution in [0.4, 0.5) is 5.69 Å². The molecule has 28 heavy (non-hydrogen) atoms. The zero-order chi connectivity index (χ0) is 20.0. The maximum Gasteiger partial charge on any atom is 0.264 e. The highest BCUT2D eigenvalue weighted by Gasteiger charge is 2.29. The Morgan fingerprint density at radius 2 is 1.75 bits per heavy atom. The highest BCUT2D eigenvalue weighted by molar-refractivity contribution is 7.92. The first-order valence-electron chi connectivity index (χ1n) is 9.32. The van der Waals surface area contributed by atoms with E-state index in [1.807, 2.05) is 0 Å². The molecule has 152 valence electrons. The average molecular weight is 408 g/mol. The minimum atomic E-state index is -3.81. The lowest BCUT2D eigenvalue weighted by Crippen LogP contribution is -3.15. The fourth-order valence-electron chi connectivity index (χ4n) is 3.26. The molecule has 2 aromatic carbocycles. The topological polar surface area (TPSA) is 80.5 Å². The summed E-state index contributed by atoms with van der Waals surface area (Å²) in [5, 5.41) is 10.7. The quantitative estimate of drug-likeness (QED) is 0.652. The molecule has 0 unspecified atom stereocenters. The SMILES string of the molecule is COc1ccc(N(C[C@H](O)C[NH+]2CCOCC2)S(=O)(=O)c2ccccc2)cc1. The van der Waals surface area contributed by atoms with Crippen molar-refractivity contribution < 1.29 is 27.9 Å². The summed E-state index contributed by atoms with van der Waals surface area (Å²) in [6.45, 7) is 3.39. The number of nitrogens with zero attached hydrogens (tertiary/aromatic N) is 1. The van der Waals surface area contributed by atoms with Crippen molar-refractivity contribution in [3.05, 3.63) is 54.6 Å². The molecule has 0 bridgehead atoms. The molecule has 0 radical (unpaired) electrons. The molecule has 0 saturated carbocycles. The number of aliphatic hydroxyl groups excluding tert-OH is 1. The average Bonchev–Trinajstić information content (AvgIpc) is 2.73. The largest absolute Gasteiger partial charge is 0.497 e. The van der Waals surface area contributed by atoms with Crippen molar-refractivity contribution in [2.24, 2.45) is 0 Å². The van der Waals surface area contributed by atoms with Crippen LogP contribution in [0.1, 0.15) is 0 Å². The van der Waals surface area contributed by atoms with E-state index in [1.165, 1.54) is 9.21 Å². The Bertz CT molecular complexity index is 837. The fraction of sp³-hybridized carbons (Fsp3) is 0.400. The van der Waals surface area contributed by atoms with Gasteiger partial charge in [-0.15, -0.1) is 0 Å². The summed E-state index contributed by atoms with van der Waals surface area (Å²) in [5.41, 5.74) is 0.487. The van der Waals surface area contributed by atoms with Crippen molar-refractivity contribution in [3.8, 4) is 5.75 Å². The third-order valence-electron chi connectivity index (χ3n) is 4.79. The van der Waals surface area contributed by atoms with Gasteiger partial charge in [0.1, 0.15) is 31.5 Å². The van der Waals surface area contributed by atoms with Crippen LogP contribution >= 0.6 is 0 Å². The molecule has 2 N–H and O–H groups in total. The van der Waals surface area contributed by atoms with Crippen molar-refractivity contribution in [1.29, 1.82) is 0 Å². The fourth-order valence-corrected chi connectivity index (χ4v) is 4.79. The summed E-state index contributed by atoms with van der Waals surface area (Å²) in [6.07, 6.45) is -0.798. The van der Waals surface area contributed by atoms with Crippen molar-refractivity contribution in [1.82, 2.24) is 0 Å². The van der Waals surface area contributed by atoms with Gasteiger partial charge in [-0.05, 0) is 36.4 Å². The highest BCUT2D eigenvalue weighted by atomic mass is 32.2. The van der Waals surface area contributed by atoms with Crippen LogP contribution in [0.15, 0.2) is 59.5 Å². The number of sulfonamides is 1. The molecule has 2 aromatic rings. The molecule has 3 rings (SSSR count). The van der Waals surface area contributed by atoms with E-state index in [4.69, 9.17) is 9.47 Å². The first-order chi connectivity index (χ1) is 13.5. The Balaban J connectivity index is 1.85. The molecule has 1 aliphatic heterocycles. The van der Waals surface area contributed by atoms with Crippen LogP contribution in [0.25, 0.3) is 0 Å². The van der Waals surface area contributed by atoms with Gasteiger partial charge in [0.05, 0.1) is 37.5 Å². The van der Waals surface area contributed by atoms with Crippen molar-refractivity contribution >= 4 is 15.7 Å². The number of methoxy groups -OCH3 is 1. The highest BCUT2D eigenvalue weighted by Crippen LogP contribution is 2.26. The van der Waals surface area contributed by atoms with Crippen LogP contribution in [0, 0.1) is 0 Å². The summed E-state index contributed by atoms with van der Waals surface area (Å²) < 4.78 is 38.3. The minimum Gasteiger partial charge on any atom is -0.497 e. The smallest absolute Gasteiger partial charge is 0.264 e. The zero-order valence-corrected chi connectivity index (χ0v) is 16.8. The van der Waals surface area contributed by atoms with Crippen molar-refractivity contribution in [3.63, 3.8) is 0 Å². The van der Waals surface area contributed by atoms with Gasteiger partial charge in [0.15, 0.2) is 0 Å². The molecular weight excluding hydrogens is 380 g/mol. The number of nitrogens with one attached hydrogen (secondary N) is 1. The summed E-state index contributed by atoms with van der Waals surface area (Å²) in [4.78, 5) is 1.40. The first kappa shape index (κ1) is 20.6. The first-order valence-corrected chi connectivity index (χ1v) is 10.8. The molecule has 0 aliphatic carbocycles. The molecule has 0 aromatic heterocycles. The molecule has 1 atom stereocenters. The van der Waals surface area contributed by atoms with Crippen LogP contribution in [0.2, 0.25) is 0 Å². The normalized spacial score (nSPS) is 16.5. The van der Waals surface area contributed by atoms with Crippen LogP contribution in [0.5, 0.6) is 5.75 Å². The second-order valence-corrected chi connectivity index (χ2v) is 8.63. The molecule has 0 amide bonds. The van der Waals surface area contributed by atoms with E-state index in [9.17, 15) is 13.5 Å². The molecule has 1 fully saturated rings. The number of hydrogen-bond acceptors (Lipinski definition) is 5. The Morgan fingerprint density at radius 3 is 2.36 bits per heavy atom. The third-order valence-corrected chi connectivity index (χ3v) is 6.60. The van der Waals surface area contributed by atoms with E-state index in [-0.39, 0.29) is 11.4 Å². The molecule has 8 heteroatoms.